The van der Waals surface area contributed by atoms with E-state index >= 15 is 0 Å². The van der Waals surface area contributed by atoms with Crippen molar-refractivity contribution in [3.05, 3.63) is 35.1 Å². The zero-order valence-corrected chi connectivity index (χ0v) is 14.0. The second kappa shape index (κ2) is 6.83. The quantitative estimate of drug-likeness (QED) is 0.776. The van der Waals surface area contributed by atoms with E-state index in [0.29, 0.717) is 19.5 Å². The predicted molar refractivity (Wildman–Crippen MR) is 82.9 cm³/mol. The number of carbonyl (C=O) groups is 2. The Labute approximate surface area is 139 Å². The van der Waals surface area contributed by atoms with Crippen LogP contribution in [0.3, 0.4) is 0 Å². The molecule has 0 atom stereocenters. The standard InChI is InChI=1S/C17H21F3N2O2/c1-17(2,3)10-13(23)21-6-8-22(9-7-21)16(24)11-4-5-12(18)15(20)14(11)19/h4-5H,6-10H2,1-3H3. The van der Waals surface area contributed by atoms with Gasteiger partial charge in [0.05, 0.1) is 5.56 Å². The molecule has 0 aromatic heterocycles. The predicted octanol–water partition coefficient (Wildman–Crippen LogP) is 2.82. The average Bonchev–Trinajstić information content (AvgIpc) is 2.51. The Morgan fingerprint density at radius 2 is 1.50 bits per heavy atom. The van der Waals surface area contributed by atoms with Crippen LogP contribution in [-0.2, 0) is 4.79 Å². The number of benzene rings is 1. The summed E-state index contributed by atoms with van der Waals surface area (Å²) in [6, 6.07) is 1.67. The highest BCUT2D eigenvalue weighted by Crippen LogP contribution is 2.21. The van der Waals surface area contributed by atoms with Gasteiger partial charge < -0.3 is 9.80 Å². The first kappa shape index (κ1) is 18.3. The number of amides is 2. The van der Waals surface area contributed by atoms with E-state index in [-0.39, 0.29) is 24.4 Å². The molecule has 1 fully saturated rings. The lowest BCUT2D eigenvalue weighted by Gasteiger charge is -2.36. The Balaban J connectivity index is 2.01. The van der Waals surface area contributed by atoms with E-state index in [4.69, 9.17) is 0 Å². The fraction of sp³-hybridized carbons (Fsp3) is 0.529. The molecule has 7 heteroatoms. The maximum atomic E-state index is 13.7. The molecule has 1 saturated heterocycles. The van der Waals surface area contributed by atoms with E-state index in [1.54, 1.807) is 4.90 Å². The first-order chi connectivity index (χ1) is 11.1. The first-order valence-corrected chi connectivity index (χ1v) is 7.81. The fourth-order valence-corrected chi connectivity index (χ4v) is 2.59. The lowest BCUT2D eigenvalue weighted by molar-refractivity contribution is -0.134. The van der Waals surface area contributed by atoms with Gasteiger partial charge in [-0.05, 0) is 17.5 Å². The van der Waals surface area contributed by atoms with Gasteiger partial charge in [0.25, 0.3) is 5.91 Å². The molecule has 1 heterocycles. The van der Waals surface area contributed by atoms with Crippen molar-refractivity contribution >= 4 is 11.8 Å². The van der Waals surface area contributed by atoms with Crippen molar-refractivity contribution in [2.75, 3.05) is 26.2 Å². The normalized spacial score (nSPS) is 15.6. The summed E-state index contributed by atoms with van der Waals surface area (Å²) in [4.78, 5) is 27.5. The van der Waals surface area contributed by atoms with Crippen LogP contribution in [0.5, 0.6) is 0 Å². The Morgan fingerprint density at radius 3 is 2.04 bits per heavy atom. The molecule has 0 saturated carbocycles. The van der Waals surface area contributed by atoms with E-state index in [0.717, 1.165) is 12.1 Å². The molecule has 0 radical (unpaired) electrons. The third-order valence-corrected chi connectivity index (χ3v) is 3.87. The van der Waals surface area contributed by atoms with Gasteiger partial charge in [-0.2, -0.15) is 0 Å². The molecule has 0 bridgehead atoms. The zero-order valence-electron chi connectivity index (χ0n) is 14.0. The van der Waals surface area contributed by atoms with Crippen LogP contribution in [0.25, 0.3) is 0 Å². The average molecular weight is 342 g/mol. The summed E-state index contributed by atoms with van der Waals surface area (Å²) in [5, 5.41) is 0. The number of rotatable bonds is 2. The van der Waals surface area contributed by atoms with E-state index in [1.165, 1.54) is 4.90 Å². The van der Waals surface area contributed by atoms with Crippen LogP contribution in [0, 0.1) is 22.9 Å². The number of carbonyl (C=O) groups excluding carboxylic acids is 2. The molecule has 1 aliphatic rings. The Bertz CT molecular complexity index is 648. The van der Waals surface area contributed by atoms with Crippen molar-refractivity contribution in [2.45, 2.75) is 27.2 Å². The molecule has 0 spiro atoms. The summed E-state index contributed by atoms with van der Waals surface area (Å²) < 4.78 is 40.0. The van der Waals surface area contributed by atoms with Gasteiger partial charge in [0, 0.05) is 32.6 Å². The van der Waals surface area contributed by atoms with Crippen molar-refractivity contribution < 1.29 is 22.8 Å². The van der Waals surface area contributed by atoms with Crippen molar-refractivity contribution in [3.8, 4) is 0 Å². The second-order valence-corrected chi connectivity index (χ2v) is 7.13. The fourth-order valence-electron chi connectivity index (χ4n) is 2.59. The highest BCUT2D eigenvalue weighted by Gasteiger charge is 2.29. The summed E-state index contributed by atoms with van der Waals surface area (Å²) in [6.45, 7) is 7.04. The number of hydrogen-bond acceptors (Lipinski definition) is 2. The lowest BCUT2D eigenvalue weighted by atomic mass is 9.91. The molecule has 0 N–H and O–H groups in total. The Kier molecular flexibility index (Phi) is 5.20. The Hall–Kier alpha value is -2.05. The van der Waals surface area contributed by atoms with Gasteiger partial charge in [0.15, 0.2) is 17.5 Å². The van der Waals surface area contributed by atoms with Crippen molar-refractivity contribution in [2.24, 2.45) is 5.41 Å². The van der Waals surface area contributed by atoms with Crippen molar-refractivity contribution in [1.29, 1.82) is 0 Å². The molecule has 4 nitrogen and oxygen atoms in total. The summed E-state index contributed by atoms with van der Waals surface area (Å²) in [6.07, 6.45) is 0.402. The van der Waals surface area contributed by atoms with Crippen molar-refractivity contribution in [3.63, 3.8) is 0 Å². The number of hydrogen-bond donors (Lipinski definition) is 0. The van der Waals surface area contributed by atoms with Gasteiger partial charge in [-0.3, -0.25) is 9.59 Å². The van der Waals surface area contributed by atoms with Crippen molar-refractivity contribution in [1.82, 2.24) is 9.80 Å². The second-order valence-electron chi connectivity index (χ2n) is 7.13. The third-order valence-electron chi connectivity index (χ3n) is 3.87. The van der Waals surface area contributed by atoms with Crippen LogP contribution in [0.1, 0.15) is 37.6 Å². The van der Waals surface area contributed by atoms with Crippen LogP contribution in [0.15, 0.2) is 12.1 Å². The van der Waals surface area contributed by atoms with Crippen LogP contribution in [-0.4, -0.2) is 47.8 Å². The van der Waals surface area contributed by atoms with Gasteiger partial charge in [-0.15, -0.1) is 0 Å². The van der Waals surface area contributed by atoms with Crippen LogP contribution < -0.4 is 0 Å². The number of piperazine rings is 1. The maximum absolute atomic E-state index is 13.7. The van der Waals surface area contributed by atoms with Gasteiger partial charge in [0.2, 0.25) is 5.91 Å². The van der Waals surface area contributed by atoms with Crippen LogP contribution in [0.4, 0.5) is 13.2 Å². The van der Waals surface area contributed by atoms with E-state index in [9.17, 15) is 22.8 Å². The summed E-state index contributed by atoms with van der Waals surface area (Å²) in [5.41, 5.74) is -0.623. The SMILES string of the molecule is CC(C)(C)CC(=O)N1CCN(C(=O)c2ccc(F)c(F)c2F)CC1. The molecule has 132 valence electrons. The largest absolute Gasteiger partial charge is 0.339 e. The molecular weight excluding hydrogens is 321 g/mol. The molecule has 24 heavy (non-hydrogen) atoms. The molecular formula is C17H21F3N2O2. The van der Waals surface area contributed by atoms with E-state index < -0.39 is 28.9 Å². The minimum Gasteiger partial charge on any atom is -0.339 e. The van der Waals surface area contributed by atoms with Gasteiger partial charge >= 0.3 is 0 Å². The van der Waals surface area contributed by atoms with E-state index in [1.807, 2.05) is 20.8 Å². The van der Waals surface area contributed by atoms with Gasteiger partial charge in [-0.1, -0.05) is 20.8 Å². The van der Waals surface area contributed by atoms with Crippen LogP contribution >= 0.6 is 0 Å². The molecule has 0 unspecified atom stereocenters. The molecule has 1 aromatic carbocycles. The smallest absolute Gasteiger partial charge is 0.257 e. The van der Waals surface area contributed by atoms with Crippen LogP contribution in [0.2, 0.25) is 0 Å². The minimum absolute atomic E-state index is 0.00797. The molecule has 2 amide bonds. The summed E-state index contributed by atoms with van der Waals surface area (Å²) >= 11 is 0. The van der Waals surface area contributed by atoms with Gasteiger partial charge in [-0.25, -0.2) is 13.2 Å². The molecule has 2 rings (SSSR count). The summed E-state index contributed by atoms with van der Waals surface area (Å²) in [5.74, 6) is -5.16. The lowest BCUT2D eigenvalue weighted by Crippen LogP contribution is -2.51. The highest BCUT2D eigenvalue weighted by molar-refractivity contribution is 5.94. The maximum Gasteiger partial charge on any atom is 0.257 e. The number of nitrogens with zero attached hydrogens (tertiary/aromatic N) is 2. The van der Waals surface area contributed by atoms with Gasteiger partial charge in [0.1, 0.15) is 0 Å². The monoisotopic (exact) mass is 342 g/mol. The van der Waals surface area contributed by atoms with E-state index in [2.05, 4.69) is 0 Å². The topological polar surface area (TPSA) is 40.6 Å². The summed E-state index contributed by atoms with van der Waals surface area (Å²) in [7, 11) is 0. The zero-order chi connectivity index (χ0) is 18.1. The number of halogens is 3. The molecule has 0 aliphatic carbocycles. The Morgan fingerprint density at radius 1 is 0.958 bits per heavy atom. The minimum atomic E-state index is -1.65. The highest BCUT2D eigenvalue weighted by atomic mass is 19.2. The molecule has 1 aliphatic heterocycles. The third kappa shape index (κ3) is 4.07. The molecule has 1 aromatic rings. The first-order valence-electron chi connectivity index (χ1n) is 7.81.